The normalized spacial score (nSPS) is 11.6. The molecule has 2 heterocycles. The molecule has 1 amide bonds. The van der Waals surface area contributed by atoms with E-state index < -0.39 is 10.0 Å². The number of imidazole rings is 1. The zero-order valence-corrected chi connectivity index (χ0v) is 21.1. The third-order valence-electron chi connectivity index (χ3n) is 5.27. The number of thiazole rings is 1. The molecule has 176 valence electrons. The summed E-state index contributed by atoms with van der Waals surface area (Å²) in [5.41, 5.74) is 4.12. The maximum Gasteiger partial charge on any atom is 0.336 e. The number of hydrogen-bond acceptors (Lipinski definition) is 6. The molecule has 0 fully saturated rings. The number of aromatic amines is 1. The van der Waals surface area contributed by atoms with Crippen molar-refractivity contribution in [2.24, 2.45) is 0 Å². The Morgan fingerprint density at radius 3 is 2.51 bits per heavy atom. The van der Waals surface area contributed by atoms with Crippen LogP contribution in [0.5, 0.6) is 0 Å². The molecule has 0 spiro atoms. The van der Waals surface area contributed by atoms with E-state index in [0.717, 1.165) is 28.6 Å². The van der Waals surface area contributed by atoms with E-state index in [2.05, 4.69) is 15.3 Å². The number of amides is 1. The summed E-state index contributed by atoms with van der Waals surface area (Å²) in [5.74, 6) is -0.265. The van der Waals surface area contributed by atoms with Crippen molar-refractivity contribution in [3.05, 3.63) is 89.8 Å². The minimum Gasteiger partial charge on any atom is -0.301 e. The van der Waals surface area contributed by atoms with E-state index in [1.165, 1.54) is 15.3 Å². The number of carbonyl (C=O) groups is 1. The van der Waals surface area contributed by atoms with Gasteiger partial charge in [0.25, 0.3) is 0 Å². The van der Waals surface area contributed by atoms with E-state index in [1.807, 2.05) is 42.6 Å². The SMILES string of the molecule is Cc1ccc(-c2csc(NC(=O)CSc3[nH]c4ccccc4[n+]3S(=O)(=O)c3ccccc3)n2)cc1. The minimum atomic E-state index is -3.87. The lowest BCUT2D eigenvalue weighted by Gasteiger charge is -2.04. The van der Waals surface area contributed by atoms with Crippen LogP contribution in [-0.4, -0.2) is 30.0 Å². The Labute approximate surface area is 210 Å². The van der Waals surface area contributed by atoms with Crippen molar-refractivity contribution in [2.75, 3.05) is 11.1 Å². The number of aryl methyl sites for hydroxylation is 1. The van der Waals surface area contributed by atoms with E-state index in [4.69, 9.17) is 0 Å². The van der Waals surface area contributed by atoms with Crippen LogP contribution in [0, 0.1) is 6.92 Å². The van der Waals surface area contributed by atoms with Gasteiger partial charge in [0.05, 0.1) is 11.4 Å². The molecular weight excluding hydrogens is 501 g/mol. The Bertz CT molecular complexity index is 1610. The average molecular weight is 522 g/mol. The fraction of sp³-hybridized carbons (Fsp3) is 0.0800. The molecule has 2 aromatic heterocycles. The molecule has 10 heteroatoms. The molecule has 0 aliphatic rings. The van der Waals surface area contributed by atoms with Crippen molar-refractivity contribution in [2.45, 2.75) is 17.0 Å². The van der Waals surface area contributed by atoms with Crippen molar-refractivity contribution in [3.63, 3.8) is 0 Å². The number of aromatic nitrogens is 3. The van der Waals surface area contributed by atoms with Crippen LogP contribution in [0.15, 0.2) is 94.3 Å². The van der Waals surface area contributed by atoms with Crippen LogP contribution in [0.2, 0.25) is 0 Å². The number of hydrogen-bond donors (Lipinski definition) is 2. The van der Waals surface area contributed by atoms with Crippen LogP contribution < -0.4 is 9.29 Å². The zero-order valence-electron chi connectivity index (χ0n) is 18.6. The molecule has 0 aliphatic heterocycles. The molecule has 0 radical (unpaired) electrons. The molecule has 5 aromatic rings. The van der Waals surface area contributed by atoms with Gasteiger partial charge < -0.3 is 5.32 Å². The van der Waals surface area contributed by atoms with Crippen molar-refractivity contribution < 1.29 is 17.2 Å². The third-order valence-corrected chi connectivity index (χ3v) is 8.83. The standard InChI is InChI=1S/C25H20N4O3S3/c1-17-11-13-18(14-12-17)21-15-33-24(26-21)28-23(30)16-34-25-27-20-9-5-6-10-22(20)29(25)35(31,32)19-7-3-2-4-8-19/h2-15H,16H2,1H3,(H,26,28,30)/p+1. The summed E-state index contributed by atoms with van der Waals surface area (Å²) in [4.78, 5) is 20.5. The van der Waals surface area contributed by atoms with Gasteiger partial charge in [0.2, 0.25) is 5.91 Å². The largest absolute Gasteiger partial charge is 0.336 e. The van der Waals surface area contributed by atoms with Crippen LogP contribution in [0.25, 0.3) is 22.3 Å². The van der Waals surface area contributed by atoms with E-state index in [9.17, 15) is 13.2 Å². The highest BCUT2D eigenvalue weighted by Crippen LogP contribution is 2.26. The van der Waals surface area contributed by atoms with E-state index in [1.54, 1.807) is 48.5 Å². The summed E-state index contributed by atoms with van der Waals surface area (Å²) in [6, 6.07) is 23.4. The first-order valence-corrected chi connectivity index (χ1v) is 14.0. The second-order valence-corrected chi connectivity index (χ2v) is 11.4. The van der Waals surface area contributed by atoms with Crippen LogP contribution >= 0.6 is 23.1 Å². The van der Waals surface area contributed by atoms with Gasteiger partial charge in [0, 0.05) is 10.9 Å². The van der Waals surface area contributed by atoms with Crippen LogP contribution in [0.1, 0.15) is 5.56 Å². The molecule has 3 aromatic carbocycles. The molecule has 0 atom stereocenters. The molecule has 0 saturated heterocycles. The molecule has 5 rings (SSSR count). The molecule has 0 unspecified atom stereocenters. The van der Waals surface area contributed by atoms with Crippen molar-refractivity contribution in [1.29, 1.82) is 0 Å². The topological polar surface area (TPSA) is 95.8 Å². The minimum absolute atomic E-state index is 0.0105. The summed E-state index contributed by atoms with van der Waals surface area (Å²) in [6.45, 7) is 2.02. The molecular formula is C25H21N4O3S3+. The summed E-state index contributed by atoms with van der Waals surface area (Å²) in [7, 11) is -3.87. The van der Waals surface area contributed by atoms with Gasteiger partial charge in [-0.15, -0.1) is 15.3 Å². The smallest absolute Gasteiger partial charge is 0.301 e. The second-order valence-electron chi connectivity index (χ2n) is 7.77. The van der Waals surface area contributed by atoms with Gasteiger partial charge in [-0.1, -0.05) is 60.2 Å². The second kappa shape index (κ2) is 9.65. The maximum absolute atomic E-state index is 13.4. The van der Waals surface area contributed by atoms with Gasteiger partial charge in [-0.25, -0.2) is 9.97 Å². The Morgan fingerprint density at radius 1 is 1.03 bits per heavy atom. The Morgan fingerprint density at radius 2 is 1.74 bits per heavy atom. The van der Waals surface area contributed by atoms with Crippen molar-refractivity contribution in [1.82, 2.24) is 9.97 Å². The average Bonchev–Trinajstić information content (AvgIpc) is 3.48. The molecule has 35 heavy (non-hydrogen) atoms. The van der Waals surface area contributed by atoms with Crippen LogP contribution in [-0.2, 0) is 14.8 Å². The Hall–Kier alpha value is -3.47. The number of nitrogens with one attached hydrogen (secondary N) is 2. The monoisotopic (exact) mass is 521 g/mol. The lowest BCUT2D eigenvalue weighted by atomic mass is 10.1. The number of fused-ring (bicyclic) bond motifs is 1. The van der Waals surface area contributed by atoms with E-state index in [-0.39, 0.29) is 16.6 Å². The highest BCUT2D eigenvalue weighted by atomic mass is 32.2. The summed E-state index contributed by atoms with van der Waals surface area (Å²) < 4.78 is 28.1. The van der Waals surface area contributed by atoms with Crippen LogP contribution in [0.3, 0.4) is 0 Å². The van der Waals surface area contributed by atoms with Gasteiger partial charge >= 0.3 is 15.2 Å². The third kappa shape index (κ3) is 4.86. The predicted octanol–water partition coefficient (Wildman–Crippen LogP) is 4.86. The molecule has 2 N–H and O–H groups in total. The number of benzene rings is 3. The highest BCUT2D eigenvalue weighted by molar-refractivity contribution is 8.00. The molecule has 0 aliphatic carbocycles. The van der Waals surface area contributed by atoms with Crippen molar-refractivity contribution >= 4 is 55.2 Å². The number of anilines is 1. The predicted molar refractivity (Wildman–Crippen MR) is 139 cm³/mol. The number of nitrogens with zero attached hydrogens (tertiary/aromatic N) is 2. The number of thioether (sulfide) groups is 1. The highest BCUT2D eigenvalue weighted by Gasteiger charge is 2.32. The number of para-hydroxylation sites is 2. The summed E-state index contributed by atoms with van der Waals surface area (Å²) in [5, 5.41) is 5.55. The number of H-pyrrole nitrogens is 1. The van der Waals surface area contributed by atoms with Gasteiger partial charge in [-0.05, 0) is 43.0 Å². The van der Waals surface area contributed by atoms with Crippen LogP contribution in [0.4, 0.5) is 5.13 Å². The van der Waals surface area contributed by atoms with Gasteiger partial charge in [0.1, 0.15) is 4.90 Å². The molecule has 0 saturated carbocycles. The Kier molecular flexibility index (Phi) is 6.42. The lowest BCUT2D eigenvalue weighted by Crippen LogP contribution is -2.44. The first kappa shape index (κ1) is 23.3. The Balaban J connectivity index is 1.36. The quantitative estimate of drug-likeness (QED) is 0.236. The van der Waals surface area contributed by atoms with E-state index in [0.29, 0.717) is 21.3 Å². The van der Waals surface area contributed by atoms with Gasteiger partial charge in [-0.3, -0.25) is 4.79 Å². The first-order valence-electron chi connectivity index (χ1n) is 10.7. The molecule has 7 nitrogen and oxygen atoms in total. The maximum atomic E-state index is 13.4. The fourth-order valence-electron chi connectivity index (χ4n) is 3.54. The van der Waals surface area contributed by atoms with E-state index >= 15 is 0 Å². The summed E-state index contributed by atoms with van der Waals surface area (Å²) >= 11 is 2.47. The number of rotatable bonds is 7. The number of carbonyl (C=O) groups excluding carboxylic acids is 1. The van der Waals surface area contributed by atoms with Gasteiger partial charge in [0.15, 0.2) is 16.2 Å². The fourth-order valence-corrected chi connectivity index (χ4v) is 6.86. The first-order chi connectivity index (χ1) is 16.9. The molecule has 0 bridgehead atoms. The van der Waals surface area contributed by atoms with Crippen molar-refractivity contribution in [3.8, 4) is 11.3 Å². The lowest BCUT2D eigenvalue weighted by molar-refractivity contribution is -0.526. The van der Waals surface area contributed by atoms with Gasteiger partial charge in [-0.2, -0.15) is 8.42 Å². The summed E-state index contributed by atoms with van der Waals surface area (Å²) in [6.07, 6.45) is 0. The zero-order chi connectivity index (χ0) is 24.4.